The number of carbonyl (C=O) groups is 2. The summed E-state index contributed by atoms with van der Waals surface area (Å²) in [5.74, 6) is -0.380. The molecule has 3 aromatic rings. The van der Waals surface area contributed by atoms with Crippen molar-refractivity contribution in [3.05, 3.63) is 48.4 Å². The van der Waals surface area contributed by atoms with Gasteiger partial charge in [0.2, 0.25) is 5.91 Å². The number of ether oxygens (including phenoxy) is 5. The third kappa shape index (κ3) is 5.95. The summed E-state index contributed by atoms with van der Waals surface area (Å²) >= 11 is 0. The van der Waals surface area contributed by atoms with Crippen LogP contribution in [0.2, 0.25) is 0 Å². The van der Waals surface area contributed by atoms with Gasteiger partial charge in [0.05, 0.1) is 39.6 Å². The third-order valence-corrected chi connectivity index (χ3v) is 7.14. The summed E-state index contributed by atoms with van der Waals surface area (Å²) in [5, 5.41) is 3.21. The maximum atomic E-state index is 15.0. The molecule has 1 amide bonds. The summed E-state index contributed by atoms with van der Waals surface area (Å²) in [5.41, 5.74) is -0.384. The summed E-state index contributed by atoms with van der Waals surface area (Å²) < 4.78 is 42.6. The largest absolute Gasteiger partial charge is 0.493 e. The molecule has 10 nitrogen and oxygen atoms in total. The van der Waals surface area contributed by atoms with Gasteiger partial charge in [-0.15, -0.1) is 0 Å². The summed E-state index contributed by atoms with van der Waals surface area (Å²) in [7, 11) is 2.79. The van der Waals surface area contributed by atoms with Gasteiger partial charge in [-0.3, -0.25) is 19.5 Å². The number of aromatic nitrogens is 1. The Labute approximate surface area is 232 Å². The number of pyridine rings is 1. The Morgan fingerprint density at radius 2 is 1.88 bits per heavy atom. The molecule has 40 heavy (non-hydrogen) atoms. The van der Waals surface area contributed by atoms with Gasteiger partial charge >= 0.3 is 5.97 Å². The molecule has 11 heteroatoms. The fourth-order valence-electron chi connectivity index (χ4n) is 4.66. The number of esters is 1. The number of fused-ring (bicyclic) bond motifs is 1. The average molecular weight is 556 g/mol. The van der Waals surface area contributed by atoms with Crippen molar-refractivity contribution in [1.82, 2.24) is 9.88 Å². The van der Waals surface area contributed by atoms with Crippen molar-refractivity contribution in [2.45, 2.75) is 19.3 Å². The molecule has 0 unspecified atom stereocenters. The number of hydrogen-bond donors (Lipinski definition) is 1. The number of morpholine rings is 1. The Kier molecular flexibility index (Phi) is 8.32. The van der Waals surface area contributed by atoms with Crippen LogP contribution < -0.4 is 19.5 Å². The van der Waals surface area contributed by atoms with E-state index >= 15 is 4.39 Å². The van der Waals surface area contributed by atoms with E-state index in [4.69, 9.17) is 23.7 Å². The molecule has 2 fully saturated rings. The molecule has 1 saturated carbocycles. The Morgan fingerprint density at radius 1 is 1.07 bits per heavy atom. The second-order valence-corrected chi connectivity index (χ2v) is 9.76. The van der Waals surface area contributed by atoms with E-state index in [1.807, 2.05) is 0 Å². The molecule has 0 bridgehead atoms. The SMILES string of the molecule is COC(=O)C1(C(=O)Nc2ccc(Oc3ccnc4cc(OCCCN5CCOCC5)c(OC)cc34)c(F)c2)CC1.[HH]. The lowest BCUT2D eigenvalue weighted by Gasteiger charge is -2.26. The molecule has 1 saturated heterocycles. The van der Waals surface area contributed by atoms with Crippen LogP contribution in [0.3, 0.4) is 0 Å². The van der Waals surface area contributed by atoms with Crippen molar-refractivity contribution in [2.75, 3.05) is 59.0 Å². The van der Waals surface area contributed by atoms with Crippen molar-refractivity contribution in [3.8, 4) is 23.0 Å². The molecule has 5 rings (SSSR count). The third-order valence-electron chi connectivity index (χ3n) is 7.14. The molecule has 1 aliphatic heterocycles. The van der Waals surface area contributed by atoms with E-state index in [0.717, 1.165) is 45.3 Å². The highest BCUT2D eigenvalue weighted by Crippen LogP contribution is 2.47. The Hall–Kier alpha value is -3.96. The minimum absolute atomic E-state index is 0. The van der Waals surface area contributed by atoms with E-state index in [1.165, 1.54) is 19.2 Å². The highest BCUT2D eigenvalue weighted by Gasteiger charge is 2.57. The van der Waals surface area contributed by atoms with Crippen molar-refractivity contribution < 1.29 is 39.1 Å². The van der Waals surface area contributed by atoms with E-state index in [-0.39, 0.29) is 12.9 Å². The summed E-state index contributed by atoms with van der Waals surface area (Å²) in [6.07, 6.45) is 3.22. The van der Waals surface area contributed by atoms with Crippen LogP contribution in [0.4, 0.5) is 10.1 Å². The molecule has 2 aromatic carbocycles. The summed E-state index contributed by atoms with van der Waals surface area (Å²) in [6.45, 7) is 4.83. The van der Waals surface area contributed by atoms with Gasteiger partial charge in [0.25, 0.3) is 0 Å². The molecule has 2 heterocycles. The molecule has 0 atom stereocenters. The number of amides is 1. The monoisotopic (exact) mass is 555 g/mol. The summed E-state index contributed by atoms with van der Waals surface area (Å²) in [6, 6.07) is 9.23. The first-order chi connectivity index (χ1) is 19.4. The number of nitrogens with zero attached hydrogens (tertiary/aromatic N) is 2. The van der Waals surface area contributed by atoms with Crippen LogP contribution >= 0.6 is 0 Å². The first kappa shape index (κ1) is 27.6. The van der Waals surface area contributed by atoms with Crippen LogP contribution in [-0.2, 0) is 19.1 Å². The van der Waals surface area contributed by atoms with Crippen molar-refractivity contribution in [1.29, 1.82) is 0 Å². The van der Waals surface area contributed by atoms with Gasteiger partial charge in [0.15, 0.2) is 23.1 Å². The van der Waals surface area contributed by atoms with Gasteiger partial charge < -0.3 is 29.0 Å². The molecular formula is C29H34FN3O7. The molecule has 1 aliphatic carbocycles. The number of halogens is 1. The summed E-state index contributed by atoms with van der Waals surface area (Å²) in [4.78, 5) is 31.3. The number of methoxy groups -OCH3 is 2. The number of benzene rings is 2. The normalized spacial score (nSPS) is 16.3. The molecule has 1 aromatic heterocycles. The van der Waals surface area contributed by atoms with Gasteiger partial charge in [-0.05, 0) is 43.5 Å². The number of nitrogens with one attached hydrogen (secondary N) is 1. The molecule has 1 N–H and O–H groups in total. The van der Waals surface area contributed by atoms with Crippen molar-refractivity contribution >= 4 is 28.5 Å². The zero-order chi connectivity index (χ0) is 28.1. The van der Waals surface area contributed by atoms with Crippen LogP contribution in [0.1, 0.15) is 20.7 Å². The fraction of sp³-hybridized carbons (Fsp3) is 0.414. The molecule has 214 valence electrons. The first-order valence-corrected chi connectivity index (χ1v) is 13.2. The van der Waals surface area contributed by atoms with Crippen molar-refractivity contribution in [2.24, 2.45) is 5.41 Å². The first-order valence-electron chi connectivity index (χ1n) is 13.2. The fourth-order valence-corrected chi connectivity index (χ4v) is 4.66. The quantitative estimate of drug-likeness (QED) is 0.209. The molecular weight excluding hydrogens is 521 g/mol. The van der Waals surface area contributed by atoms with Gasteiger partial charge in [-0.25, -0.2) is 4.39 Å². The van der Waals surface area contributed by atoms with Crippen LogP contribution in [0.25, 0.3) is 10.9 Å². The van der Waals surface area contributed by atoms with Gasteiger partial charge in [-0.2, -0.15) is 0 Å². The van der Waals surface area contributed by atoms with Crippen LogP contribution in [-0.4, -0.2) is 75.4 Å². The van der Waals surface area contributed by atoms with E-state index in [1.54, 1.807) is 31.5 Å². The highest BCUT2D eigenvalue weighted by molar-refractivity contribution is 6.11. The van der Waals surface area contributed by atoms with E-state index in [2.05, 4.69) is 15.2 Å². The van der Waals surface area contributed by atoms with E-state index < -0.39 is 23.1 Å². The number of carbonyl (C=O) groups excluding carboxylic acids is 2. The zero-order valence-electron chi connectivity index (χ0n) is 22.5. The van der Waals surface area contributed by atoms with Crippen LogP contribution in [0.5, 0.6) is 23.0 Å². The molecule has 2 aliphatic rings. The predicted molar refractivity (Wildman–Crippen MR) is 147 cm³/mol. The highest BCUT2D eigenvalue weighted by atomic mass is 19.1. The minimum Gasteiger partial charge on any atom is -0.493 e. The Balaban J connectivity index is 0.00000387. The minimum atomic E-state index is -1.19. The smallest absolute Gasteiger partial charge is 0.321 e. The second kappa shape index (κ2) is 12.1. The number of anilines is 1. The average Bonchev–Trinajstić information content (AvgIpc) is 3.79. The predicted octanol–water partition coefficient (Wildman–Crippen LogP) is 4.41. The Morgan fingerprint density at radius 3 is 2.58 bits per heavy atom. The number of rotatable bonds is 11. The maximum absolute atomic E-state index is 15.0. The Bertz CT molecular complexity index is 1400. The maximum Gasteiger partial charge on any atom is 0.321 e. The van der Waals surface area contributed by atoms with Crippen molar-refractivity contribution in [3.63, 3.8) is 0 Å². The van der Waals surface area contributed by atoms with Gasteiger partial charge in [0, 0.05) is 50.5 Å². The van der Waals surface area contributed by atoms with Crippen LogP contribution in [0.15, 0.2) is 42.6 Å². The molecule has 0 radical (unpaired) electrons. The lowest BCUT2D eigenvalue weighted by molar-refractivity contribution is -0.150. The second-order valence-electron chi connectivity index (χ2n) is 9.76. The lowest BCUT2D eigenvalue weighted by atomic mass is 10.1. The lowest BCUT2D eigenvalue weighted by Crippen LogP contribution is -2.37. The zero-order valence-corrected chi connectivity index (χ0v) is 22.5. The van der Waals surface area contributed by atoms with Gasteiger partial charge in [0.1, 0.15) is 11.2 Å². The number of hydrogen-bond acceptors (Lipinski definition) is 9. The standard InChI is InChI=1S/C29H32FN3O7.H2/c1-36-25-17-20-22(18-26(25)39-13-3-10-33-11-14-38-15-12-33)31-9-6-23(20)40-24-5-4-19(16-21(24)30)32-27(34)29(7-8-29)28(35)37-2;/h4-6,9,16-18H,3,7-8,10-15H2,1-2H3,(H,32,34);1H. The topological polar surface area (TPSA) is 108 Å². The van der Waals surface area contributed by atoms with Gasteiger partial charge in [-0.1, -0.05) is 0 Å². The van der Waals surface area contributed by atoms with Crippen LogP contribution in [0, 0.1) is 11.2 Å². The van der Waals surface area contributed by atoms with E-state index in [9.17, 15) is 9.59 Å². The van der Waals surface area contributed by atoms with E-state index in [0.29, 0.717) is 47.6 Å². The molecule has 0 spiro atoms.